The van der Waals surface area contributed by atoms with Gasteiger partial charge >= 0.3 is 5.97 Å². The molecule has 3 rings (SSSR count). The SMILES string of the molecule is C[C@@H]1CCCN(c2ccc(C(=O)OCc3ccccc3C#N)cc2[N+](=O)[O-])C1. The molecule has 0 bridgehead atoms. The first-order valence-electron chi connectivity index (χ1n) is 9.18. The number of rotatable bonds is 5. The van der Waals surface area contributed by atoms with E-state index < -0.39 is 10.9 Å². The molecule has 0 spiro atoms. The van der Waals surface area contributed by atoms with Crippen molar-refractivity contribution in [2.45, 2.75) is 26.4 Å². The molecular weight excluding hydrogens is 358 g/mol. The Balaban J connectivity index is 1.78. The van der Waals surface area contributed by atoms with Gasteiger partial charge in [0, 0.05) is 24.7 Å². The van der Waals surface area contributed by atoms with Crippen molar-refractivity contribution in [3.05, 3.63) is 69.3 Å². The van der Waals surface area contributed by atoms with Crippen LogP contribution in [0.1, 0.15) is 41.3 Å². The van der Waals surface area contributed by atoms with Crippen LogP contribution in [-0.4, -0.2) is 24.0 Å². The lowest BCUT2D eigenvalue weighted by Crippen LogP contribution is -2.34. The lowest BCUT2D eigenvalue weighted by atomic mass is 9.99. The van der Waals surface area contributed by atoms with Gasteiger partial charge in [-0.15, -0.1) is 0 Å². The Hall–Kier alpha value is -3.40. The molecule has 144 valence electrons. The normalized spacial score (nSPS) is 16.3. The van der Waals surface area contributed by atoms with Crippen LogP contribution in [0, 0.1) is 27.4 Å². The Morgan fingerprint density at radius 1 is 1.36 bits per heavy atom. The second kappa shape index (κ2) is 8.53. The fourth-order valence-corrected chi connectivity index (χ4v) is 3.45. The summed E-state index contributed by atoms with van der Waals surface area (Å²) in [5.74, 6) is -0.187. The molecule has 1 saturated heterocycles. The largest absolute Gasteiger partial charge is 0.457 e. The van der Waals surface area contributed by atoms with E-state index in [2.05, 4.69) is 6.92 Å². The summed E-state index contributed by atoms with van der Waals surface area (Å²) in [4.78, 5) is 25.5. The Morgan fingerprint density at radius 3 is 2.86 bits per heavy atom. The Morgan fingerprint density at radius 2 is 2.14 bits per heavy atom. The third kappa shape index (κ3) is 4.29. The molecule has 2 aromatic carbocycles. The number of benzene rings is 2. The summed E-state index contributed by atoms with van der Waals surface area (Å²) in [6.45, 7) is 3.58. The maximum Gasteiger partial charge on any atom is 0.338 e. The number of carbonyl (C=O) groups is 1. The van der Waals surface area contributed by atoms with Gasteiger partial charge in [-0.25, -0.2) is 4.79 Å². The monoisotopic (exact) mass is 379 g/mol. The second-order valence-corrected chi connectivity index (χ2v) is 7.00. The third-order valence-corrected chi connectivity index (χ3v) is 4.90. The van der Waals surface area contributed by atoms with Crippen molar-refractivity contribution < 1.29 is 14.5 Å². The number of ether oxygens (including phenoxy) is 1. The van der Waals surface area contributed by atoms with Crippen LogP contribution in [0.25, 0.3) is 0 Å². The quantitative estimate of drug-likeness (QED) is 0.441. The van der Waals surface area contributed by atoms with E-state index in [1.54, 1.807) is 36.4 Å². The van der Waals surface area contributed by atoms with Crippen LogP contribution in [0.15, 0.2) is 42.5 Å². The number of hydrogen-bond donors (Lipinski definition) is 0. The van der Waals surface area contributed by atoms with Gasteiger partial charge in [0.1, 0.15) is 12.3 Å². The molecule has 2 aromatic rings. The summed E-state index contributed by atoms with van der Waals surface area (Å²) in [5.41, 5.74) is 1.57. The van der Waals surface area contributed by atoms with Crippen LogP contribution in [0.3, 0.4) is 0 Å². The van der Waals surface area contributed by atoms with Crippen molar-refractivity contribution in [1.82, 2.24) is 0 Å². The molecule has 7 heteroatoms. The molecule has 0 amide bonds. The lowest BCUT2D eigenvalue weighted by Gasteiger charge is -2.32. The Bertz CT molecular complexity index is 935. The zero-order valence-electron chi connectivity index (χ0n) is 15.6. The number of nitro groups is 1. The highest BCUT2D eigenvalue weighted by Gasteiger charge is 2.25. The van der Waals surface area contributed by atoms with Gasteiger partial charge in [-0.3, -0.25) is 10.1 Å². The number of nitro benzene ring substituents is 1. The zero-order chi connectivity index (χ0) is 20.1. The minimum atomic E-state index is -0.658. The number of anilines is 1. The highest BCUT2D eigenvalue weighted by Crippen LogP contribution is 2.32. The van der Waals surface area contributed by atoms with E-state index in [0.717, 1.165) is 25.9 Å². The summed E-state index contributed by atoms with van der Waals surface area (Å²) in [6, 6.07) is 13.3. The molecule has 0 radical (unpaired) electrons. The van der Waals surface area contributed by atoms with Crippen LogP contribution in [0.5, 0.6) is 0 Å². The molecule has 7 nitrogen and oxygen atoms in total. The summed E-state index contributed by atoms with van der Waals surface area (Å²) in [5, 5.41) is 20.7. The number of piperidine rings is 1. The number of nitrogens with zero attached hydrogens (tertiary/aromatic N) is 3. The summed E-state index contributed by atoms with van der Waals surface area (Å²) >= 11 is 0. The topological polar surface area (TPSA) is 96.5 Å². The first kappa shape index (κ1) is 19.4. The Kier molecular flexibility index (Phi) is 5.90. The van der Waals surface area contributed by atoms with E-state index in [-0.39, 0.29) is 17.9 Å². The summed E-state index contributed by atoms with van der Waals surface area (Å²) in [7, 11) is 0. The molecule has 0 N–H and O–H groups in total. The summed E-state index contributed by atoms with van der Waals surface area (Å²) in [6.07, 6.45) is 2.10. The van der Waals surface area contributed by atoms with E-state index in [1.165, 1.54) is 6.07 Å². The molecule has 1 fully saturated rings. The number of carbonyl (C=O) groups excluding carboxylic acids is 1. The van der Waals surface area contributed by atoms with E-state index >= 15 is 0 Å². The van der Waals surface area contributed by atoms with Crippen molar-refractivity contribution in [1.29, 1.82) is 5.26 Å². The van der Waals surface area contributed by atoms with Crippen LogP contribution >= 0.6 is 0 Å². The average molecular weight is 379 g/mol. The second-order valence-electron chi connectivity index (χ2n) is 7.00. The van der Waals surface area contributed by atoms with Crippen molar-refractivity contribution in [2.24, 2.45) is 5.92 Å². The minimum Gasteiger partial charge on any atom is -0.457 e. The van der Waals surface area contributed by atoms with Gasteiger partial charge < -0.3 is 9.64 Å². The van der Waals surface area contributed by atoms with Gasteiger partial charge in [0.05, 0.1) is 22.1 Å². The molecule has 0 aliphatic carbocycles. The van der Waals surface area contributed by atoms with Crippen molar-refractivity contribution >= 4 is 17.3 Å². The standard InChI is InChI=1S/C21H21N3O4/c1-15-5-4-10-23(13-15)19-9-8-16(11-20(19)24(26)27)21(25)28-14-18-7-3-2-6-17(18)12-22/h2-3,6-9,11,15H,4-5,10,13-14H2,1H3/t15-/m1/s1. The smallest absolute Gasteiger partial charge is 0.338 e. The van der Waals surface area contributed by atoms with Crippen LogP contribution < -0.4 is 4.90 Å². The molecule has 28 heavy (non-hydrogen) atoms. The van der Waals surface area contributed by atoms with Gasteiger partial charge in [0.2, 0.25) is 0 Å². The van der Waals surface area contributed by atoms with E-state index in [9.17, 15) is 14.9 Å². The third-order valence-electron chi connectivity index (χ3n) is 4.90. The molecule has 1 heterocycles. The fourth-order valence-electron chi connectivity index (χ4n) is 3.45. The van der Waals surface area contributed by atoms with Crippen LogP contribution in [0.2, 0.25) is 0 Å². The first-order valence-corrected chi connectivity index (χ1v) is 9.18. The van der Waals surface area contributed by atoms with Gasteiger partial charge in [-0.1, -0.05) is 25.1 Å². The zero-order valence-corrected chi connectivity index (χ0v) is 15.6. The maximum absolute atomic E-state index is 12.4. The van der Waals surface area contributed by atoms with E-state index in [4.69, 9.17) is 10.00 Å². The predicted molar refractivity (Wildman–Crippen MR) is 104 cm³/mol. The van der Waals surface area contributed by atoms with Crippen molar-refractivity contribution in [3.8, 4) is 6.07 Å². The van der Waals surface area contributed by atoms with Gasteiger partial charge in [0.25, 0.3) is 5.69 Å². The molecule has 1 aliphatic heterocycles. The minimum absolute atomic E-state index is 0.0677. The molecule has 0 aromatic heterocycles. The van der Waals surface area contributed by atoms with E-state index in [0.29, 0.717) is 22.7 Å². The molecule has 0 unspecified atom stereocenters. The van der Waals surface area contributed by atoms with E-state index in [1.807, 2.05) is 11.0 Å². The number of nitriles is 1. The lowest BCUT2D eigenvalue weighted by molar-refractivity contribution is -0.384. The van der Waals surface area contributed by atoms with Gasteiger partial charge in [-0.2, -0.15) is 5.26 Å². The van der Waals surface area contributed by atoms with Crippen LogP contribution in [-0.2, 0) is 11.3 Å². The molecule has 0 saturated carbocycles. The maximum atomic E-state index is 12.4. The molecule has 1 aliphatic rings. The fraction of sp³-hybridized carbons (Fsp3) is 0.333. The summed E-state index contributed by atoms with van der Waals surface area (Å²) < 4.78 is 5.27. The number of esters is 1. The predicted octanol–water partition coefficient (Wildman–Crippen LogP) is 4.06. The number of hydrogen-bond acceptors (Lipinski definition) is 6. The van der Waals surface area contributed by atoms with Crippen molar-refractivity contribution in [2.75, 3.05) is 18.0 Å². The first-order chi connectivity index (χ1) is 13.5. The van der Waals surface area contributed by atoms with Crippen LogP contribution in [0.4, 0.5) is 11.4 Å². The molecule has 1 atom stereocenters. The van der Waals surface area contributed by atoms with Gasteiger partial charge in [-0.05, 0) is 37.0 Å². The highest BCUT2D eigenvalue weighted by molar-refractivity contribution is 5.91. The van der Waals surface area contributed by atoms with Crippen molar-refractivity contribution in [3.63, 3.8) is 0 Å². The average Bonchev–Trinajstić information content (AvgIpc) is 2.71. The Labute approximate surface area is 163 Å². The highest BCUT2D eigenvalue weighted by atomic mass is 16.6. The van der Waals surface area contributed by atoms with Gasteiger partial charge in [0.15, 0.2) is 0 Å². The molecular formula is C21H21N3O4.